The summed E-state index contributed by atoms with van der Waals surface area (Å²) in [6.45, 7) is 4.37. The fourth-order valence-electron chi connectivity index (χ4n) is 2.31. The van der Waals surface area contributed by atoms with Crippen LogP contribution in [0.1, 0.15) is 13.8 Å². The van der Waals surface area contributed by atoms with Crippen molar-refractivity contribution in [3.63, 3.8) is 0 Å². The summed E-state index contributed by atoms with van der Waals surface area (Å²) in [4.78, 5) is 15.1. The number of carbonyl (C=O) groups is 1. The van der Waals surface area contributed by atoms with Crippen molar-refractivity contribution in [3.8, 4) is 16.9 Å². The molecular formula is C20H21ClN2O2. The lowest BCUT2D eigenvalue weighted by molar-refractivity contribution is -0.102. The number of halogens is 1. The maximum absolute atomic E-state index is 10.9. The van der Waals surface area contributed by atoms with Gasteiger partial charge in [0, 0.05) is 23.3 Å². The third kappa shape index (κ3) is 6.08. The van der Waals surface area contributed by atoms with Crippen molar-refractivity contribution in [3.05, 3.63) is 59.6 Å². The maximum Gasteiger partial charge on any atom is 0.167 e. The first kappa shape index (κ1) is 18.7. The van der Waals surface area contributed by atoms with E-state index in [4.69, 9.17) is 11.6 Å². The maximum atomic E-state index is 10.9. The minimum Gasteiger partial charge on any atom is -0.508 e. The third-order valence-corrected chi connectivity index (χ3v) is 3.54. The zero-order valence-electron chi connectivity index (χ0n) is 14.2. The lowest BCUT2D eigenvalue weighted by Crippen LogP contribution is -2.03. The van der Waals surface area contributed by atoms with Gasteiger partial charge in [-0.25, -0.2) is 0 Å². The van der Waals surface area contributed by atoms with E-state index in [1.165, 1.54) is 0 Å². The summed E-state index contributed by atoms with van der Waals surface area (Å²) in [6, 6.07) is 12.7. The number of phenols is 1. The number of aliphatic imine (C=N–C) groups is 1. The minimum absolute atomic E-state index is 0.0792. The first-order chi connectivity index (χ1) is 12.0. The Labute approximate surface area is 152 Å². The van der Waals surface area contributed by atoms with Crippen molar-refractivity contribution in [2.24, 2.45) is 4.99 Å². The molecule has 0 bridgehead atoms. The molecule has 0 unspecified atom stereocenters. The van der Waals surface area contributed by atoms with Crippen molar-refractivity contribution in [2.75, 3.05) is 11.9 Å². The lowest BCUT2D eigenvalue weighted by Gasteiger charge is -2.09. The van der Waals surface area contributed by atoms with Crippen molar-refractivity contribution >= 4 is 29.3 Å². The molecule has 0 heterocycles. The summed E-state index contributed by atoms with van der Waals surface area (Å²) in [5, 5.41) is 13.5. The summed E-state index contributed by atoms with van der Waals surface area (Å²) < 4.78 is 0. The number of nitrogens with one attached hydrogen (secondary N) is 1. The Morgan fingerprint density at radius 1 is 1.24 bits per heavy atom. The van der Waals surface area contributed by atoms with Crippen LogP contribution in [0.25, 0.3) is 11.1 Å². The fraction of sp³-hybridized carbons (Fsp3) is 0.200. The number of benzene rings is 2. The van der Waals surface area contributed by atoms with Crippen LogP contribution in [-0.2, 0) is 4.79 Å². The molecule has 25 heavy (non-hydrogen) atoms. The highest BCUT2D eigenvalue weighted by Gasteiger charge is 2.03. The predicted molar refractivity (Wildman–Crippen MR) is 105 cm³/mol. The van der Waals surface area contributed by atoms with E-state index >= 15 is 0 Å². The van der Waals surface area contributed by atoms with Crippen LogP contribution >= 0.6 is 11.6 Å². The van der Waals surface area contributed by atoms with Crippen LogP contribution in [0, 0.1) is 0 Å². The molecule has 0 fully saturated rings. The van der Waals surface area contributed by atoms with E-state index in [2.05, 4.69) is 10.3 Å². The quantitative estimate of drug-likeness (QED) is 0.557. The molecular weight excluding hydrogens is 336 g/mol. The van der Waals surface area contributed by atoms with E-state index in [-0.39, 0.29) is 11.8 Å². The van der Waals surface area contributed by atoms with Gasteiger partial charge in [-0.05, 0) is 61.4 Å². The number of aromatic hydroxyl groups is 1. The van der Waals surface area contributed by atoms with Crippen molar-refractivity contribution in [2.45, 2.75) is 19.9 Å². The zero-order valence-corrected chi connectivity index (χ0v) is 15.0. The second kappa shape index (κ2) is 9.04. The van der Waals surface area contributed by atoms with Gasteiger partial charge in [0.1, 0.15) is 5.75 Å². The molecule has 0 atom stereocenters. The molecule has 2 aromatic carbocycles. The summed E-state index contributed by atoms with van der Waals surface area (Å²) in [7, 11) is 0. The van der Waals surface area contributed by atoms with Gasteiger partial charge >= 0.3 is 0 Å². The van der Waals surface area contributed by atoms with E-state index in [9.17, 15) is 9.90 Å². The van der Waals surface area contributed by atoms with Crippen LogP contribution in [0.4, 0.5) is 5.69 Å². The molecule has 0 saturated heterocycles. The highest BCUT2D eigenvalue weighted by atomic mass is 35.5. The van der Waals surface area contributed by atoms with Crippen LogP contribution in [-0.4, -0.2) is 29.7 Å². The predicted octanol–water partition coefficient (Wildman–Crippen LogP) is 4.73. The molecule has 0 aliphatic heterocycles. The summed E-state index contributed by atoms with van der Waals surface area (Å²) >= 11 is 6.20. The molecule has 0 saturated carbocycles. The average Bonchev–Trinajstić information content (AvgIpc) is 2.56. The Morgan fingerprint density at radius 3 is 2.72 bits per heavy atom. The zero-order chi connectivity index (χ0) is 18.2. The number of carbonyl (C=O) groups excluding carboxylic acids is 1. The van der Waals surface area contributed by atoms with E-state index in [0.29, 0.717) is 17.3 Å². The minimum atomic E-state index is 0.0792. The number of rotatable bonds is 7. The van der Waals surface area contributed by atoms with Crippen LogP contribution in [0.5, 0.6) is 5.75 Å². The topological polar surface area (TPSA) is 61.7 Å². The fourth-order valence-corrected chi connectivity index (χ4v) is 2.55. The smallest absolute Gasteiger partial charge is 0.167 e. The average molecular weight is 357 g/mol. The summed E-state index contributed by atoms with van der Waals surface area (Å²) in [6.07, 6.45) is 4.28. The van der Waals surface area contributed by atoms with Gasteiger partial charge in [-0.3, -0.25) is 9.79 Å². The number of hydrogen-bond acceptors (Lipinski definition) is 4. The Balaban J connectivity index is 2.09. The molecule has 130 valence electrons. The highest BCUT2D eigenvalue weighted by Crippen LogP contribution is 2.29. The number of anilines is 1. The number of nitrogens with zero attached hydrogens (tertiary/aromatic N) is 1. The Morgan fingerprint density at radius 2 is 2.04 bits per heavy atom. The molecule has 4 nitrogen and oxygen atoms in total. The van der Waals surface area contributed by atoms with Crippen LogP contribution in [0.15, 0.2) is 59.6 Å². The number of hydrogen-bond donors (Lipinski definition) is 2. The van der Waals surface area contributed by atoms with E-state index in [0.717, 1.165) is 23.1 Å². The van der Waals surface area contributed by atoms with Gasteiger partial charge < -0.3 is 10.4 Å². The molecule has 2 N–H and O–H groups in total. The van der Waals surface area contributed by atoms with Gasteiger partial charge in [-0.2, -0.15) is 0 Å². The van der Waals surface area contributed by atoms with Gasteiger partial charge in [0.05, 0.1) is 5.71 Å². The van der Waals surface area contributed by atoms with Gasteiger partial charge in [-0.1, -0.05) is 29.8 Å². The van der Waals surface area contributed by atoms with Gasteiger partial charge in [0.15, 0.2) is 6.29 Å². The first-order valence-corrected chi connectivity index (χ1v) is 8.39. The molecule has 0 radical (unpaired) electrons. The number of phenolic OH excluding ortho intramolecular Hbond substituents is 1. The number of aldehydes is 1. The van der Waals surface area contributed by atoms with Crippen molar-refractivity contribution < 1.29 is 9.90 Å². The Hall–Kier alpha value is -2.59. The Bertz CT molecular complexity index is 798. The van der Waals surface area contributed by atoms with Crippen molar-refractivity contribution in [1.29, 1.82) is 0 Å². The normalized spacial score (nSPS) is 11.9. The van der Waals surface area contributed by atoms with Crippen LogP contribution in [0.3, 0.4) is 0 Å². The summed E-state index contributed by atoms with van der Waals surface area (Å²) in [5.41, 5.74) is 3.06. The standard InChI is InChI=1S/C20H21ClN2O2/c1-14(2)23-18(13-24)6-4-8-22-19-10-16(9-17(21)12-19)15-5-3-7-20(25)11-15/h3-7,9-14,22,25H,8H2,1-2H3/b6-4-,23-18?. The molecule has 0 aromatic heterocycles. The summed E-state index contributed by atoms with van der Waals surface area (Å²) in [5.74, 6) is 0.209. The third-order valence-electron chi connectivity index (χ3n) is 3.32. The van der Waals surface area contributed by atoms with E-state index < -0.39 is 0 Å². The highest BCUT2D eigenvalue weighted by molar-refractivity contribution is 6.33. The largest absolute Gasteiger partial charge is 0.508 e. The monoisotopic (exact) mass is 356 g/mol. The van der Waals surface area contributed by atoms with Gasteiger partial charge in [0.2, 0.25) is 0 Å². The molecule has 2 aromatic rings. The molecule has 2 rings (SSSR count). The van der Waals surface area contributed by atoms with Crippen LogP contribution in [0.2, 0.25) is 5.02 Å². The van der Waals surface area contributed by atoms with Gasteiger partial charge in [0.25, 0.3) is 0 Å². The SMILES string of the molecule is CC(C)N=C(C=O)/C=C\CNc1cc(Cl)cc(-c2cccc(O)c2)c1. The van der Waals surface area contributed by atoms with E-state index in [1.54, 1.807) is 24.3 Å². The molecule has 0 amide bonds. The molecule has 0 aliphatic carbocycles. The van der Waals surface area contributed by atoms with Crippen molar-refractivity contribution in [1.82, 2.24) is 0 Å². The first-order valence-electron chi connectivity index (χ1n) is 8.01. The second-order valence-corrected chi connectivity index (χ2v) is 6.26. The molecule has 5 heteroatoms. The second-order valence-electron chi connectivity index (χ2n) is 5.83. The van der Waals surface area contributed by atoms with Gasteiger partial charge in [-0.15, -0.1) is 0 Å². The van der Waals surface area contributed by atoms with E-state index in [1.807, 2.05) is 44.2 Å². The lowest BCUT2D eigenvalue weighted by atomic mass is 10.0. The molecule has 0 aliphatic rings. The van der Waals surface area contributed by atoms with Crippen LogP contribution < -0.4 is 5.32 Å². The molecule has 0 spiro atoms. The number of allylic oxidation sites excluding steroid dienone is 1. The Kier molecular flexibility index (Phi) is 6.78.